The van der Waals surface area contributed by atoms with E-state index in [0.29, 0.717) is 22.7 Å². The van der Waals surface area contributed by atoms with Crippen LogP contribution in [0.1, 0.15) is 31.1 Å². The van der Waals surface area contributed by atoms with Crippen LogP contribution in [0.15, 0.2) is 48.7 Å². The molecule has 0 saturated heterocycles. The molecule has 2 aromatic carbocycles. The van der Waals surface area contributed by atoms with Crippen LogP contribution in [0.3, 0.4) is 0 Å². The lowest BCUT2D eigenvalue weighted by atomic mass is 9.86. The van der Waals surface area contributed by atoms with Crippen molar-refractivity contribution in [3.8, 4) is 11.5 Å². The SMILES string of the molecule is COc1ccc(OC)c(NC(=O)Cn2cc(C(=O)C(C)(C)C)c3ccccc32)c1. The van der Waals surface area contributed by atoms with Gasteiger partial charge in [0.15, 0.2) is 5.78 Å². The number of carbonyl (C=O) groups is 2. The number of anilines is 1. The van der Waals surface area contributed by atoms with Crippen LogP contribution >= 0.6 is 0 Å². The monoisotopic (exact) mass is 394 g/mol. The number of ketones is 1. The van der Waals surface area contributed by atoms with E-state index in [4.69, 9.17) is 9.47 Å². The second-order valence-corrected chi connectivity index (χ2v) is 7.88. The number of Topliss-reactive ketones (excluding diaryl/α,β-unsaturated/α-hetero) is 1. The van der Waals surface area contributed by atoms with Gasteiger partial charge in [-0.25, -0.2) is 0 Å². The first-order valence-electron chi connectivity index (χ1n) is 9.39. The van der Waals surface area contributed by atoms with Crippen molar-refractivity contribution in [3.05, 3.63) is 54.2 Å². The number of hydrogen-bond acceptors (Lipinski definition) is 4. The third kappa shape index (κ3) is 4.26. The summed E-state index contributed by atoms with van der Waals surface area (Å²) in [5.74, 6) is 0.972. The van der Waals surface area contributed by atoms with Gasteiger partial charge in [0.2, 0.25) is 5.91 Å². The van der Waals surface area contributed by atoms with Gasteiger partial charge in [-0.2, -0.15) is 0 Å². The molecule has 6 nitrogen and oxygen atoms in total. The van der Waals surface area contributed by atoms with Gasteiger partial charge in [0.05, 0.1) is 19.9 Å². The molecule has 0 aliphatic heterocycles. The Bertz CT molecular complexity index is 1060. The number of methoxy groups -OCH3 is 2. The highest BCUT2D eigenvalue weighted by Gasteiger charge is 2.26. The third-order valence-corrected chi connectivity index (χ3v) is 4.71. The average molecular weight is 394 g/mol. The summed E-state index contributed by atoms with van der Waals surface area (Å²) in [5, 5.41) is 3.71. The van der Waals surface area contributed by atoms with Gasteiger partial charge in [0, 0.05) is 34.1 Å². The van der Waals surface area contributed by atoms with Gasteiger partial charge in [-0.3, -0.25) is 9.59 Å². The van der Waals surface area contributed by atoms with E-state index in [1.165, 1.54) is 0 Å². The van der Waals surface area contributed by atoms with Crippen LogP contribution in [0.5, 0.6) is 11.5 Å². The summed E-state index contributed by atoms with van der Waals surface area (Å²) in [4.78, 5) is 25.6. The lowest BCUT2D eigenvalue weighted by Gasteiger charge is -2.15. The van der Waals surface area contributed by atoms with Crippen LogP contribution in [0, 0.1) is 5.41 Å². The Labute approximate surface area is 170 Å². The zero-order chi connectivity index (χ0) is 21.2. The number of carbonyl (C=O) groups excluding carboxylic acids is 2. The Morgan fingerprint density at radius 1 is 1.03 bits per heavy atom. The number of amides is 1. The number of benzene rings is 2. The van der Waals surface area contributed by atoms with Gasteiger partial charge in [-0.1, -0.05) is 39.0 Å². The van der Waals surface area contributed by atoms with Crippen molar-refractivity contribution >= 4 is 28.3 Å². The molecule has 0 aliphatic carbocycles. The normalized spacial score (nSPS) is 11.3. The Kier molecular flexibility index (Phi) is 5.64. The Morgan fingerprint density at radius 2 is 1.76 bits per heavy atom. The molecule has 6 heteroatoms. The molecular weight excluding hydrogens is 368 g/mol. The number of nitrogens with one attached hydrogen (secondary N) is 1. The van der Waals surface area contributed by atoms with Crippen LogP contribution in [0.25, 0.3) is 10.9 Å². The van der Waals surface area contributed by atoms with Crippen molar-refractivity contribution in [3.63, 3.8) is 0 Å². The Morgan fingerprint density at radius 3 is 2.41 bits per heavy atom. The molecule has 1 heterocycles. The quantitative estimate of drug-likeness (QED) is 0.624. The molecule has 0 atom stereocenters. The third-order valence-electron chi connectivity index (χ3n) is 4.71. The molecular formula is C23H26N2O4. The molecule has 29 heavy (non-hydrogen) atoms. The van der Waals surface area contributed by atoms with E-state index in [9.17, 15) is 9.59 Å². The first kappa shape index (κ1) is 20.5. The number of ether oxygens (including phenoxy) is 2. The molecule has 1 amide bonds. The van der Waals surface area contributed by atoms with Crippen LogP contribution in [-0.2, 0) is 11.3 Å². The molecule has 0 saturated carbocycles. The summed E-state index contributed by atoms with van der Waals surface area (Å²) >= 11 is 0. The van der Waals surface area contributed by atoms with Gasteiger partial charge in [-0.05, 0) is 18.2 Å². The number of para-hydroxylation sites is 1. The molecule has 3 aromatic rings. The predicted molar refractivity (Wildman–Crippen MR) is 114 cm³/mol. The van der Waals surface area contributed by atoms with Gasteiger partial charge < -0.3 is 19.4 Å². The molecule has 0 fully saturated rings. The standard InChI is InChI=1S/C23H26N2O4/c1-23(2,3)22(27)17-13-25(19-9-7-6-8-16(17)19)14-21(26)24-18-12-15(28-4)10-11-20(18)29-5/h6-13H,14H2,1-5H3,(H,24,26). The van der Waals surface area contributed by atoms with Crippen LogP contribution in [0.2, 0.25) is 0 Å². The topological polar surface area (TPSA) is 69.6 Å². The van der Waals surface area contributed by atoms with E-state index in [1.807, 2.05) is 45.0 Å². The van der Waals surface area contributed by atoms with Gasteiger partial charge in [-0.15, -0.1) is 0 Å². The molecule has 1 N–H and O–H groups in total. The van der Waals surface area contributed by atoms with E-state index < -0.39 is 5.41 Å². The number of aromatic nitrogens is 1. The fourth-order valence-electron chi connectivity index (χ4n) is 3.22. The van der Waals surface area contributed by atoms with E-state index in [2.05, 4.69) is 5.32 Å². The second kappa shape index (κ2) is 7.99. The summed E-state index contributed by atoms with van der Waals surface area (Å²) in [5.41, 5.74) is 1.48. The first-order chi connectivity index (χ1) is 13.7. The molecule has 0 bridgehead atoms. The van der Waals surface area contributed by atoms with Crippen LogP contribution in [-0.4, -0.2) is 30.5 Å². The molecule has 152 valence electrons. The zero-order valence-electron chi connectivity index (χ0n) is 17.4. The fourth-order valence-corrected chi connectivity index (χ4v) is 3.22. The lowest BCUT2D eigenvalue weighted by molar-refractivity contribution is -0.116. The molecule has 1 aromatic heterocycles. The first-order valence-corrected chi connectivity index (χ1v) is 9.39. The minimum Gasteiger partial charge on any atom is -0.497 e. The summed E-state index contributed by atoms with van der Waals surface area (Å²) in [6.07, 6.45) is 1.76. The predicted octanol–water partition coefficient (Wildman–Crippen LogP) is 4.53. The summed E-state index contributed by atoms with van der Waals surface area (Å²) in [6, 6.07) is 12.8. The maximum Gasteiger partial charge on any atom is 0.244 e. The van der Waals surface area contributed by atoms with Crippen molar-refractivity contribution in [2.24, 2.45) is 5.41 Å². The largest absolute Gasteiger partial charge is 0.497 e. The van der Waals surface area contributed by atoms with Crippen molar-refractivity contribution in [2.45, 2.75) is 27.3 Å². The van der Waals surface area contributed by atoms with Crippen LogP contribution < -0.4 is 14.8 Å². The van der Waals surface area contributed by atoms with E-state index >= 15 is 0 Å². The van der Waals surface area contributed by atoms with Gasteiger partial charge in [0.25, 0.3) is 0 Å². The van der Waals surface area contributed by atoms with Crippen LogP contribution in [0.4, 0.5) is 5.69 Å². The van der Waals surface area contributed by atoms with Crippen molar-refractivity contribution in [2.75, 3.05) is 19.5 Å². The maximum atomic E-state index is 12.9. The maximum absolute atomic E-state index is 12.9. The number of hydrogen-bond donors (Lipinski definition) is 1. The highest BCUT2D eigenvalue weighted by atomic mass is 16.5. The molecule has 3 rings (SSSR count). The molecule has 0 aliphatic rings. The van der Waals surface area contributed by atoms with Crippen molar-refractivity contribution in [1.29, 1.82) is 0 Å². The summed E-state index contributed by atoms with van der Waals surface area (Å²) < 4.78 is 12.3. The van der Waals surface area contributed by atoms with Gasteiger partial charge >= 0.3 is 0 Å². The number of nitrogens with zero attached hydrogens (tertiary/aromatic N) is 1. The Balaban J connectivity index is 1.91. The molecule has 0 unspecified atom stereocenters. The smallest absolute Gasteiger partial charge is 0.244 e. The summed E-state index contributed by atoms with van der Waals surface area (Å²) in [7, 11) is 3.11. The minimum absolute atomic E-state index is 0.0438. The molecule has 0 spiro atoms. The van der Waals surface area contributed by atoms with Gasteiger partial charge in [0.1, 0.15) is 18.0 Å². The zero-order valence-corrected chi connectivity index (χ0v) is 17.4. The van der Waals surface area contributed by atoms with E-state index in [1.54, 1.807) is 43.2 Å². The average Bonchev–Trinajstić information content (AvgIpc) is 3.04. The highest BCUT2D eigenvalue weighted by Crippen LogP contribution is 2.30. The lowest BCUT2D eigenvalue weighted by Crippen LogP contribution is -2.20. The summed E-state index contributed by atoms with van der Waals surface area (Å²) in [6.45, 7) is 5.74. The highest BCUT2D eigenvalue weighted by molar-refractivity contribution is 6.10. The fraction of sp³-hybridized carbons (Fsp3) is 0.304. The van der Waals surface area contributed by atoms with E-state index in [0.717, 1.165) is 10.9 Å². The van der Waals surface area contributed by atoms with Crippen molar-refractivity contribution < 1.29 is 19.1 Å². The molecule has 0 radical (unpaired) electrons. The minimum atomic E-state index is -0.509. The van der Waals surface area contributed by atoms with E-state index in [-0.39, 0.29) is 18.2 Å². The number of rotatable bonds is 6. The van der Waals surface area contributed by atoms with Crippen molar-refractivity contribution in [1.82, 2.24) is 4.57 Å². The number of fused-ring (bicyclic) bond motifs is 1. The Hall–Kier alpha value is -3.28. The second-order valence-electron chi connectivity index (χ2n) is 7.88.